The molecule has 2 aliphatic heterocycles. The lowest BCUT2D eigenvalue weighted by Gasteiger charge is -2.26. The maximum atomic E-state index is 12.7. The van der Waals surface area contributed by atoms with Gasteiger partial charge in [-0.3, -0.25) is 9.59 Å². The van der Waals surface area contributed by atoms with Gasteiger partial charge in [-0.1, -0.05) is 17.7 Å². The Labute approximate surface area is 142 Å². The van der Waals surface area contributed by atoms with E-state index in [0.717, 1.165) is 11.3 Å². The SMILES string of the molecule is Cc1ccc(N2C[C@H](C(=O)N(C)[C@H]3CCS(=O)(=O)C3)CC2=O)cc1. The first-order chi connectivity index (χ1) is 11.3. The predicted molar refractivity (Wildman–Crippen MR) is 91.5 cm³/mol. The zero-order valence-electron chi connectivity index (χ0n) is 13.9. The Morgan fingerprint density at radius 1 is 1.25 bits per heavy atom. The normalized spacial score (nSPS) is 25.9. The summed E-state index contributed by atoms with van der Waals surface area (Å²) in [6, 6.07) is 7.37. The molecule has 0 N–H and O–H groups in total. The Bertz CT molecular complexity index is 757. The largest absolute Gasteiger partial charge is 0.341 e. The van der Waals surface area contributed by atoms with E-state index in [9.17, 15) is 18.0 Å². The van der Waals surface area contributed by atoms with E-state index < -0.39 is 15.8 Å². The molecule has 0 spiro atoms. The van der Waals surface area contributed by atoms with Crippen LogP contribution in [0.25, 0.3) is 0 Å². The minimum atomic E-state index is -3.04. The summed E-state index contributed by atoms with van der Waals surface area (Å²) in [6.45, 7) is 2.33. The molecule has 0 unspecified atom stereocenters. The Kier molecular flexibility index (Phi) is 4.38. The molecular formula is C17H22N2O4S. The Morgan fingerprint density at radius 3 is 2.50 bits per heavy atom. The number of aryl methyl sites for hydroxylation is 1. The third kappa shape index (κ3) is 3.31. The number of benzene rings is 1. The molecule has 2 atom stereocenters. The van der Waals surface area contributed by atoms with Gasteiger partial charge in [0, 0.05) is 31.7 Å². The Morgan fingerprint density at radius 2 is 1.92 bits per heavy atom. The molecule has 2 saturated heterocycles. The average Bonchev–Trinajstić information content (AvgIpc) is 3.09. The number of sulfone groups is 1. The number of carbonyl (C=O) groups excluding carboxylic acids is 2. The van der Waals surface area contributed by atoms with Crippen LogP contribution < -0.4 is 4.90 Å². The van der Waals surface area contributed by atoms with Gasteiger partial charge >= 0.3 is 0 Å². The minimum absolute atomic E-state index is 0.0254. The van der Waals surface area contributed by atoms with Gasteiger partial charge in [0.15, 0.2) is 9.84 Å². The zero-order valence-corrected chi connectivity index (χ0v) is 14.8. The van der Waals surface area contributed by atoms with Crippen molar-refractivity contribution in [1.29, 1.82) is 0 Å². The molecule has 1 aromatic carbocycles. The molecule has 2 aliphatic rings. The van der Waals surface area contributed by atoms with Crippen molar-refractivity contribution >= 4 is 27.3 Å². The van der Waals surface area contributed by atoms with Gasteiger partial charge in [-0.05, 0) is 25.5 Å². The summed E-state index contributed by atoms with van der Waals surface area (Å²) in [5.41, 5.74) is 1.91. The van der Waals surface area contributed by atoms with Gasteiger partial charge in [-0.2, -0.15) is 0 Å². The van der Waals surface area contributed by atoms with Crippen molar-refractivity contribution in [3.05, 3.63) is 29.8 Å². The molecule has 6 nitrogen and oxygen atoms in total. The first-order valence-electron chi connectivity index (χ1n) is 8.11. The molecular weight excluding hydrogens is 328 g/mol. The molecule has 24 heavy (non-hydrogen) atoms. The highest BCUT2D eigenvalue weighted by Gasteiger charge is 2.40. The summed E-state index contributed by atoms with van der Waals surface area (Å²) in [7, 11) is -1.39. The summed E-state index contributed by atoms with van der Waals surface area (Å²) in [5.74, 6) is -0.455. The molecule has 0 bridgehead atoms. The fourth-order valence-corrected chi connectivity index (χ4v) is 5.17. The van der Waals surface area contributed by atoms with Crippen LogP contribution in [0.2, 0.25) is 0 Å². The Balaban J connectivity index is 1.69. The molecule has 2 heterocycles. The van der Waals surface area contributed by atoms with Crippen molar-refractivity contribution in [1.82, 2.24) is 4.90 Å². The molecule has 0 aliphatic carbocycles. The van der Waals surface area contributed by atoms with Crippen LogP contribution in [0.1, 0.15) is 18.4 Å². The van der Waals surface area contributed by atoms with Gasteiger partial charge in [0.25, 0.3) is 0 Å². The van der Waals surface area contributed by atoms with Crippen molar-refractivity contribution in [3.63, 3.8) is 0 Å². The predicted octanol–water partition coefficient (Wildman–Crippen LogP) is 0.993. The monoisotopic (exact) mass is 350 g/mol. The van der Waals surface area contributed by atoms with E-state index in [1.807, 2.05) is 31.2 Å². The van der Waals surface area contributed by atoms with Crippen molar-refractivity contribution in [3.8, 4) is 0 Å². The lowest BCUT2D eigenvalue weighted by Crippen LogP contribution is -2.42. The van der Waals surface area contributed by atoms with E-state index in [4.69, 9.17) is 0 Å². The molecule has 130 valence electrons. The molecule has 2 fully saturated rings. The molecule has 0 saturated carbocycles. The van der Waals surface area contributed by atoms with Gasteiger partial charge in [0.05, 0.1) is 17.4 Å². The quantitative estimate of drug-likeness (QED) is 0.815. The van der Waals surface area contributed by atoms with E-state index in [-0.39, 0.29) is 35.8 Å². The molecule has 0 radical (unpaired) electrons. The molecule has 2 amide bonds. The zero-order chi connectivity index (χ0) is 17.5. The van der Waals surface area contributed by atoms with Crippen LogP contribution in [0.4, 0.5) is 5.69 Å². The van der Waals surface area contributed by atoms with Gasteiger partial charge in [-0.15, -0.1) is 0 Å². The minimum Gasteiger partial charge on any atom is -0.341 e. The van der Waals surface area contributed by atoms with Crippen LogP contribution in [-0.2, 0) is 19.4 Å². The fraction of sp³-hybridized carbons (Fsp3) is 0.529. The number of hydrogen-bond acceptors (Lipinski definition) is 4. The number of nitrogens with zero attached hydrogens (tertiary/aromatic N) is 2. The smallest absolute Gasteiger partial charge is 0.228 e. The van der Waals surface area contributed by atoms with Crippen LogP contribution in [0.5, 0.6) is 0 Å². The van der Waals surface area contributed by atoms with Crippen LogP contribution >= 0.6 is 0 Å². The maximum Gasteiger partial charge on any atom is 0.228 e. The summed E-state index contributed by atoms with van der Waals surface area (Å²) in [4.78, 5) is 28.1. The lowest BCUT2D eigenvalue weighted by molar-refractivity contribution is -0.136. The standard InChI is InChI=1S/C17H22N2O4S/c1-12-3-5-14(6-4-12)19-10-13(9-16(19)20)17(21)18(2)15-7-8-24(22,23)11-15/h3-6,13,15H,7-11H2,1-2H3/t13-,15+/m1/s1. The van der Waals surface area contributed by atoms with Gasteiger partial charge < -0.3 is 9.80 Å². The summed E-state index contributed by atoms with van der Waals surface area (Å²) in [6.07, 6.45) is 0.656. The lowest BCUT2D eigenvalue weighted by atomic mass is 10.1. The fourth-order valence-electron chi connectivity index (χ4n) is 3.40. The topological polar surface area (TPSA) is 74.8 Å². The van der Waals surface area contributed by atoms with Gasteiger partial charge in [0.1, 0.15) is 0 Å². The highest BCUT2D eigenvalue weighted by Crippen LogP contribution is 2.28. The first kappa shape index (κ1) is 17.0. The van der Waals surface area contributed by atoms with E-state index in [1.165, 1.54) is 4.90 Å². The number of anilines is 1. The molecule has 0 aromatic heterocycles. The van der Waals surface area contributed by atoms with E-state index in [2.05, 4.69) is 0 Å². The van der Waals surface area contributed by atoms with Crippen molar-refractivity contribution in [2.75, 3.05) is 30.0 Å². The first-order valence-corrected chi connectivity index (χ1v) is 9.93. The summed E-state index contributed by atoms with van der Waals surface area (Å²) in [5, 5.41) is 0. The second-order valence-electron chi connectivity index (χ2n) is 6.75. The second kappa shape index (κ2) is 6.20. The number of rotatable bonds is 3. The summed E-state index contributed by atoms with van der Waals surface area (Å²) >= 11 is 0. The second-order valence-corrected chi connectivity index (χ2v) is 8.98. The number of hydrogen-bond donors (Lipinski definition) is 0. The molecule has 1 aromatic rings. The van der Waals surface area contributed by atoms with Gasteiger partial charge in [-0.25, -0.2) is 8.42 Å². The molecule has 3 rings (SSSR count). The van der Waals surface area contributed by atoms with Crippen LogP contribution in [-0.4, -0.2) is 56.3 Å². The highest BCUT2D eigenvalue weighted by molar-refractivity contribution is 7.91. The van der Waals surface area contributed by atoms with E-state index >= 15 is 0 Å². The maximum absolute atomic E-state index is 12.7. The van der Waals surface area contributed by atoms with Crippen LogP contribution in [0.15, 0.2) is 24.3 Å². The van der Waals surface area contributed by atoms with E-state index in [1.54, 1.807) is 11.9 Å². The van der Waals surface area contributed by atoms with Crippen molar-refractivity contribution in [2.45, 2.75) is 25.8 Å². The van der Waals surface area contributed by atoms with Crippen molar-refractivity contribution in [2.24, 2.45) is 5.92 Å². The Hall–Kier alpha value is -1.89. The average molecular weight is 350 g/mol. The van der Waals surface area contributed by atoms with Crippen molar-refractivity contribution < 1.29 is 18.0 Å². The van der Waals surface area contributed by atoms with Crippen LogP contribution in [0, 0.1) is 12.8 Å². The van der Waals surface area contributed by atoms with Crippen LogP contribution in [0.3, 0.4) is 0 Å². The highest BCUT2D eigenvalue weighted by atomic mass is 32.2. The van der Waals surface area contributed by atoms with Gasteiger partial charge in [0.2, 0.25) is 11.8 Å². The number of amides is 2. The third-order valence-electron chi connectivity index (χ3n) is 4.92. The third-order valence-corrected chi connectivity index (χ3v) is 6.67. The number of carbonyl (C=O) groups is 2. The summed E-state index contributed by atoms with van der Waals surface area (Å²) < 4.78 is 23.2. The van der Waals surface area contributed by atoms with E-state index in [0.29, 0.717) is 13.0 Å². The molecule has 7 heteroatoms.